The van der Waals surface area contributed by atoms with Crippen molar-refractivity contribution in [2.24, 2.45) is 4.99 Å². The van der Waals surface area contributed by atoms with Crippen molar-refractivity contribution >= 4 is 34.5 Å². The van der Waals surface area contributed by atoms with Crippen LogP contribution in [0.15, 0.2) is 88.3 Å². The van der Waals surface area contributed by atoms with Crippen LogP contribution in [0.5, 0.6) is 0 Å². The van der Waals surface area contributed by atoms with Crippen molar-refractivity contribution in [2.45, 2.75) is 32.7 Å². The van der Waals surface area contributed by atoms with Gasteiger partial charge in [0.15, 0.2) is 4.80 Å². The van der Waals surface area contributed by atoms with Crippen LogP contribution in [0.2, 0.25) is 0 Å². The highest BCUT2D eigenvalue weighted by Gasteiger charge is 2.37. The van der Waals surface area contributed by atoms with Gasteiger partial charge in [0.05, 0.1) is 28.6 Å². The molecule has 2 aliphatic heterocycles. The summed E-state index contributed by atoms with van der Waals surface area (Å²) >= 11 is 1.18. The van der Waals surface area contributed by atoms with Gasteiger partial charge in [0.1, 0.15) is 11.1 Å². The Kier molecular flexibility index (Phi) is 6.76. The molecule has 0 fully saturated rings. The summed E-state index contributed by atoms with van der Waals surface area (Å²) in [4.78, 5) is 47.7. The van der Waals surface area contributed by atoms with E-state index in [-0.39, 0.29) is 18.1 Å². The minimum atomic E-state index is -0.730. The first-order valence-corrected chi connectivity index (χ1v) is 13.1. The first-order chi connectivity index (χ1) is 18.0. The van der Waals surface area contributed by atoms with Gasteiger partial charge in [-0.25, -0.2) is 9.79 Å². The molecule has 1 amide bonds. The largest absolute Gasteiger partial charge is 0.458 e. The van der Waals surface area contributed by atoms with Crippen molar-refractivity contribution in [1.82, 2.24) is 4.57 Å². The molecule has 8 heteroatoms. The predicted octanol–water partition coefficient (Wildman–Crippen LogP) is 3.48. The smallest absolute Gasteiger partial charge is 0.338 e. The molecule has 2 aromatic carbocycles. The lowest BCUT2D eigenvalue weighted by atomic mass is 9.96. The number of unbranched alkanes of at least 4 members (excludes halogenated alkanes) is 1. The molecule has 0 spiro atoms. The molecule has 37 heavy (non-hydrogen) atoms. The van der Waals surface area contributed by atoms with Crippen LogP contribution in [0.3, 0.4) is 0 Å². The number of anilines is 1. The zero-order valence-corrected chi connectivity index (χ0v) is 21.6. The van der Waals surface area contributed by atoms with E-state index in [9.17, 15) is 14.4 Å². The summed E-state index contributed by atoms with van der Waals surface area (Å²) in [6, 6.07) is 16.2. The van der Waals surface area contributed by atoms with Crippen LogP contribution < -0.4 is 19.8 Å². The summed E-state index contributed by atoms with van der Waals surface area (Å²) in [5, 5.41) is 0. The number of carbonyl (C=O) groups is 2. The maximum absolute atomic E-state index is 14.1. The Bertz CT molecular complexity index is 1610. The molecule has 7 nitrogen and oxygen atoms in total. The van der Waals surface area contributed by atoms with Crippen LogP contribution in [0.4, 0.5) is 5.69 Å². The number of nitrogens with zero attached hydrogens (tertiary/aromatic N) is 3. The van der Waals surface area contributed by atoms with Crippen molar-refractivity contribution in [1.29, 1.82) is 0 Å². The summed E-state index contributed by atoms with van der Waals surface area (Å²) in [5.41, 5.74) is 3.11. The van der Waals surface area contributed by atoms with Crippen molar-refractivity contribution in [2.75, 3.05) is 18.1 Å². The maximum atomic E-state index is 14.1. The van der Waals surface area contributed by atoms with Crippen LogP contribution in [0, 0.1) is 0 Å². The molecule has 0 radical (unpaired) electrons. The molecular formula is C29H27N3O4S. The summed E-state index contributed by atoms with van der Waals surface area (Å²) in [6.07, 6.45) is 3.30. The zero-order chi connectivity index (χ0) is 26.1. The molecular weight excluding hydrogens is 486 g/mol. The molecule has 5 rings (SSSR count). The third-order valence-corrected chi connectivity index (χ3v) is 7.60. The number of benzene rings is 2. The third-order valence-electron chi connectivity index (χ3n) is 6.55. The minimum absolute atomic E-state index is 0.0462. The second kappa shape index (κ2) is 10.1. The third kappa shape index (κ3) is 4.17. The van der Waals surface area contributed by atoms with E-state index in [4.69, 9.17) is 4.74 Å². The van der Waals surface area contributed by atoms with Crippen molar-refractivity contribution < 1.29 is 14.3 Å². The van der Waals surface area contributed by atoms with Gasteiger partial charge in [-0.2, -0.15) is 0 Å². The number of hydrogen-bond acceptors (Lipinski definition) is 6. The van der Waals surface area contributed by atoms with E-state index in [0.717, 1.165) is 29.7 Å². The molecule has 0 saturated heterocycles. The Morgan fingerprint density at radius 3 is 2.59 bits per heavy atom. The number of rotatable bonds is 7. The average Bonchev–Trinajstić information content (AvgIpc) is 3.37. The van der Waals surface area contributed by atoms with Gasteiger partial charge in [0.25, 0.3) is 11.5 Å². The van der Waals surface area contributed by atoms with Gasteiger partial charge in [-0.1, -0.05) is 85.9 Å². The number of aromatic nitrogens is 1. The van der Waals surface area contributed by atoms with Crippen LogP contribution in [-0.2, 0) is 14.3 Å². The van der Waals surface area contributed by atoms with E-state index in [1.165, 1.54) is 22.0 Å². The van der Waals surface area contributed by atoms with Gasteiger partial charge in [-0.3, -0.25) is 14.2 Å². The molecule has 0 aliphatic carbocycles. The predicted molar refractivity (Wildman–Crippen MR) is 144 cm³/mol. The summed E-state index contributed by atoms with van der Waals surface area (Å²) in [6.45, 7) is 8.06. The monoisotopic (exact) mass is 513 g/mol. The number of allylic oxidation sites excluding steroid dienone is 1. The number of para-hydroxylation sites is 1. The second-order valence-corrected chi connectivity index (χ2v) is 9.88. The molecule has 188 valence electrons. The number of fused-ring (bicyclic) bond motifs is 2. The van der Waals surface area contributed by atoms with Crippen LogP contribution >= 0.6 is 11.3 Å². The highest BCUT2D eigenvalue weighted by molar-refractivity contribution is 7.07. The first-order valence-electron chi connectivity index (χ1n) is 12.3. The summed E-state index contributed by atoms with van der Waals surface area (Å²) < 4.78 is 7.22. The zero-order valence-electron chi connectivity index (χ0n) is 20.8. The lowest BCUT2D eigenvalue weighted by Crippen LogP contribution is -2.41. The quantitative estimate of drug-likeness (QED) is 0.358. The Hall–Kier alpha value is -4.04. The van der Waals surface area contributed by atoms with E-state index in [0.29, 0.717) is 32.7 Å². The summed E-state index contributed by atoms with van der Waals surface area (Å²) in [5.74, 6) is -0.738. The van der Waals surface area contributed by atoms with Crippen LogP contribution in [-0.4, -0.2) is 29.6 Å². The number of thiazole rings is 1. The molecule has 0 saturated carbocycles. The van der Waals surface area contributed by atoms with E-state index in [2.05, 4.69) is 18.5 Å². The maximum Gasteiger partial charge on any atom is 0.338 e. The van der Waals surface area contributed by atoms with Gasteiger partial charge in [0, 0.05) is 12.1 Å². The van der Waals surface area contributed by atoms with Crippen LogP contribution in [0.1, 0.15) is 43.9 Å². The SMILES string of the molecule is C=CCOC(=O)C1=C(C)N=c2s/c(=C3/C(=O)N(CCCC)c4ccccc43)c(=O)n2[C@H]1c1ccccc1. The molecule has 1 aromatic heterocycles. The normalized spacial score (nSPS) is 17.8. The van der Waals surface area contributed by atoms with Crippen molar-refractivity contribution in [3.8, 4) is 0 Å². The van der Waals surface area contributed by atoms with E-state index in [1.807, 2.05) is 54.6 Å². The van der Waals surface area contributed by atoms with Gasteiger partial charge in [-0.15, -0.1) is 0 Å². The topological polar surface area (TPSA) is 81.0 Å². The van der Waals surface area contributed by atoms with Gasteiger partial charge >= 0.3 is 5.97 Å². The fraction of sp³-hybridized carbons (Fsp3) is 0.241. The highest BCUT2D eigenvalue weighted by Crippen LogP contribution is 2.35. The van der Waals surface area contributed by atoms with Gasteiger partial charge in [-0.05, 0) is 25.0 Å². The van der Waals surface area contributed by atoms with E-state index >= 15 is 0 Å². The van der Waals surface area contributed by atoms with Gasteiger partial charge < -0.3 is 9.64 Å². The van der Waals surface area contributed by atoms with E-state index in [1.54, 1.807) is 11.8 Å². The number of ether oxygens (including phenoxy) is 1. The summed E-state index contributed by atoms with van der Waals surface area (Å²) in [7, 11) is 0. The Labute approximate surface area is 218 Å². The van der Waals surface area contributed by atoms with Crippen molar-refractivity contribution in [3.05, 3.63) is 109 Å². The fourth-order valence-electron chi connectivity index (χ4n) is 4.83. The number of hydrogen-bond donors (Lipinski definition) is 0. The first kappa shape index (κ1) is 24.6. The molecule has 0 N–H and O–H groups in total. The van der Waals surface area contributed by atoms with Crippen molar-refractivity contribution in [3.63, 3.8) is 0 Å². The van der Waals surface area contributed by atoms with Crippen LogP contribution in [0.25, 0.3) is 5.57 Å². The number of carbonyl (C=O) groups excluding carboxylic acids is 2. The lowest BCUT2D eigenvalue weighted by molar-refractivity contribution is -0.138. The standard InChI is InChI=1S/C29H27N3O4S/c1-4-6-16-31-21-15-11-10-14-20(21)23(26(31)33)25-27(34)32-24(19-12-8-7-9-13-19)22(28(35)36-17-5-2)18(3)30-29(32)37-25/h5,7-15,24H,2,4,6,16-17H2,1,3H3/b25-23+/t24-/m0/s1. The average molecular weight is 514 g/mol. The minimum Gasteiger partial charge on any atom is -0.458 e. The Morgan fingerprint density at radius 1 is 1.14 bits per heavy atom. The highest BCUT2D eigenvalue weighted by atomic mass is 32.1. The number of amides is 1. The van der Waals surface area contributed by atoms with Gasteiger partial charge in [0.2, 0.25) is 0 Å². The molecule has 2 aliphatic rings. The molecule has 0 unspecified atom stereocenters. The lowest BCUT2D eigenvalue weighted by Gasteiger charge is -2.24. The Morgan fingerprint density at radius 2 is 1.86 bits per heavy atom. The number of esters is 1. The molecule has 0 bridgehead atoms. The van der Waals surface area contributed by atoms with E-state index < -0.39 is 12.0 Å². The fourth-order valence-corrected chi connectivity index (χ4v) is 5.97. The second-order valence-electron chi connectivity index (χ2n) is 8.90. The Balaban J connectivity index is 1.76. The molecule has 1 atom stereocenters. The molecule has 3 heterocycles. The molecule has 3 aromatic rings.